The van der Waals surface area contributed by atoms with Gasteiger partial charge in [0.15, 0.2) is 11.5 Å². The van der Waals surface area contributed by atoms with Crippen LogP contribution in [-0.2, 0) is 4.74 Å². The molecule has 6 heteroatoms. The van der Waals surface area contributed by atoms with E-state index in [1.807, 2.05) is 13.0 Å². The maximum Gasteiger partial charge on any atom is 0.357 e. The molecule has 0 saturated heterocycles. The summed E-state index contributed by atoms with van der Waals surface area (Å²) in [7, 11) is 0. The highest BCUT2D eigenvalue weighted by Crippen LogP contribution is 2.22. The van der Waals surface area contributed by atoms with Crippen molar-refractivity contribution in [2.75, 3.05) is 6.61 Å². The SMILES string of the molecule is CCOC(=O)c1cc(C(C)=O)nn1-c1cc(Cl)ccc1C. The van der Waals surface area contributed by atoms with Gasteiger partial charge in [-0.15, -0.1) is 0 Å². The summed E-state index contributed by atoms with van der Waals surface area (Å²) in [4.78, 5) is 23.6. The number of hydrogen-bond acceptors (Lipinski definition) is 4. The average Bonchev–Trinajstić information content (AvgIpc) is 2.87. The first-order valence-corrected chi connectivity index (χ1v) is 6.86. The molecule has 5 nitrogen and oxygen atoms in total. The van der Waals surface area contributed by atoms with Crippen molar-refractivity contribution in [2.45, 2.75) is 20.8 Å². The Morgan fingerprint density at radius 3 is 2.67 bits per heavy atom. The summed E-state index contributed by atoms with van der Waals surface area (Å²) in [6, 6.07) is 6.69. The molecule has 1 aromatic heterocycles. The number of aromatic nitrogens is 2. The number of aryl methyl sites for hydroxylation is 1. The number of rotatable bonds is 4. The van der Waals surface area contributed by atoms with Crippen LogP contribution in [0.15, 0.2) is 24.3 Å². The zero-order chi connectivity index (χ0) is 15.6. The van der Waals surface area contributed by atoms with E-state index < -0.39 is 5.97 Å². The Bertz CT molecular complexity index is 707. The number of ether oxygens (including phenoxy) is 1. The number of carbonyl (C=O) groups excluding carboxylic acids is 2. The number of Topliss-reactive ketones (excluding diaryl/α,β-unsaturated/α-hetero) is 1. The van der Waals surface area contributed by atoms with E-state index in [4.69, 9.17) is 16.3 Å². The van der Waals surface area contributed by atoms with Crippen LogP contribution in [0.1, 0.15) is 40.4 Å². The second kappa shape index (κ2) is 6.10. The molecule has 110 valence electrons. The van der Waals surface area contributed by atoms with E-state index in [1.54, 1.807) is 19.1 Å². The Balaban J connectivity index is 2.63. The van der Waals surface area contributed by atoms with Gasteiger partial charge in [0.25, 0.3) is 0 Å². The molecule has 0 aliphatic rings. The summed E-state index contributed by atoms with van der Waals surface area (Å²) in [5, 5.41) is 4.71. The molecule has 0 aliphatic heterocycles. The van der Waals surface area contributed by atoms with E-state index in [0.29, 0.717) is 10.7 Å². The molecule has 0 atom stereocenters. The third-order valence-corrected chi connectivity index (χ3v) is 3.19. The van der Waals surface area contributed by atoms with Crippen LogP contribution >= 0.6 is 11.6 Å². The van der Waals surface area contributed by atoms with Crippen LogP contribution in [0.4, 0.5) is 0 Å². The third kappa shape index (κ3) is 3.13. The van der Waals surface area contributed by atoms with Gasteiger partial charge >= 0.3 is 5.97 Å². The molecule has 0 N–H and O–H groups in total. The van der Waals surface area contributed by atoms with Crippen molar-refractivity contribution >= 4 is 23.4 Å². The maximum atomic E-state index is 12.0. The molecule has 0 fully saturated rings. The second-order valence-corrected chi connectivity index (χ2v) is 4.97. The normalized spacial score (nSPS) is 10.5. The fraction of sp³-hybridized carbons (Fsp3) is 0.267. The minimum atomic E-state index is -0.531. The van der Waals surface area contributed by atoms with E-state index in [2.05, 4.69) is 5.10 Å². The highest BCUT2D eigenvalue weighted by atomic mass is 35.5. The number of esters is 1. The molecular weight excluding hydrogens is 292 g/mol. The van der Waals surface area contributed by atoms with E-state index >= 15 is 0 Å². The van der Waals surface area contributed by atoms with Crippen LogP contribution < -0.4 is 0 Å². The molecule has 0 spiro atoms. The lowest BCUT2D eigenvalue weighted by molar-refractivity contribution is 0.0515. The van der Waals surface area contributed by atoms with Crippen molar-refractivity contribution in [1.82, 2.24) is 9.78 Å². The van der Waals surface area contributed by atoms with Crippen LogP contribution in [0.5, 0.6) is 0 Å². The highest BCUT2D eigenvalue weighted by molar-refractivity contribution is 6.30. The molecule has 1 aromatic carbocycles. The monoisotopic (exact) mass is 306 g/mol. The van der Waals surface area contributed by atoms with Crippen molar-refractivity contribution < 1.29 is 14.3 Å². The molecule has 0 bridgehead atoms. The summed E-state index contributed by atoms with van der Waals surface area (Å²) >= 11 is 6.00. The Labute approximate surface area is 127 Å². The zero-order valence-corrected chi connectivity index (χ0v) is 12.8. The highest BCUT2D eigenvalue weighted by Gasteiger charge is 2.20. The largest absolute Gasteiger partial charge is 0.461 e. The predicted octanol–water partition coefficient (Wildman–Crippen LogP) is 3.21. The lowest BCUT2D eigenvalue weighted by atomic mass is 10.2. The first kappa shape index (κ1) is 15.3. The van der Waals surface area contributed by atoms with E-state index in [0.717, 1.165) is 5.56 Å². The molecule has 0 unspecified atom stereocenters. The van der Waals surface area contributed by atoms with Gasteiger partial charge in [-0.1, -0.05) is 17.7 Å². The minimum Gasteiger partial charge on any atom is -0.461 e. The van der Waals surface area contributed by atoms with Gasteiger partial charge in [-0.05, 0) is 31.5 Å². The lowest BCUT2D eigenvalue weighted by Crippen LogP contribution is -2.12. The fourth-order valence-corrected chi connectivity index (χ4v) is 2.06. The zero-order valence-electron chi connectivity index (χ0n) is 12.0. The number of nitrogens with zero attached hydrogens (tertiary/aromatic N) is 2. The van der Waals surface area contributed by atoms with Crippen molar-refractivity contribution in [3.05, 3.63) is 46.2 Å². The Morgan fingerprint density at radius 2 is 2.05 bits per heavy atom. The molecule has 0 radical (unpaired) electrons. The predicted molar refractivity (Wildman–Crippen MR) is 79.3 cm³/mol. The van der Waals surface area contributed by atoms with Gasteiger partial charge < -0.3 is 4.74 Å². The van der Waals surface area contributed by atoms with Crippen molar-refractivity contribution in [1.29, 1.82) is 0 Å². The summed E-state index contributed by atoms with van der Waals surface area (Å²) in [5.41, 5.74) is 1.92. The van der Waals surface area contributed by atoms with Crippen LogP contribution in [0.25, 0.3) is 5.69 Å². The van der Waals surface area contributed by atoms with Gasteiger partial charge in [0.2, 0.25) is 0 Å². The van der Waals surface area contributed by atoms with Crippen molar-refractivity contribution in [3.8, 4) is 5.69 Å². The third-order valence-electron chi connectivity index (χ3n) is 2.95. The molecule has 2 rings (SSSR count). The molecular formula is C15H15ClN2O3. The lowest BCUT2D eigenvalue weighted by Gasteiger charge is -2.10. The van der Waals surface area contributed by atoms with Gasteiger partial charge in [-0.3, -0.25) is 4.79 Å². The van der Waals surface area contributed by atoms with Crippen molar-refractivity contribution in [2.24, 2.45) is 0 Å². The summed E-state index contributed by atoms with van der Waals surface area (Å²) in [6.45, 7) is 5.23. The van der Waals surface area contributed by atoms with Crippen LogP contribution in [0, 0.1) is 6.92 Å². The molecule has 0 aliphatic carbocycles. The van der Waals surface area contributed by atoms with E-state index in [9.17, 15) is 9.59 Å². The van der Waals surface area contributed by atoms with Gasteiger partial charge in [0, 0.05) is 18.0 Å². The number of halogens is 1. The van der Waals surface area contributed by atoms with Gasteiger partial charge in [-0.2, -0.15) is 5.10 Å². The molecule has 0 amide bonds. The number of ketones is 1. The van der Waals surface area contributed by atoms with E-state index in [-0.39, 0.29) is 23.8 Å². The van der Waals surface area contributed by atoms with E-state index in [1.165, 1.54) is 17.7 Å². The molecule has 0 saturated carbocycles. The second-order valence-electron chi connectivity index (χ2n) is 4.53. The first-order valence-electron chi connectivity index (χ1n) is 6.48. The fourth-order valence-electron chi connectivity index (χ4n) is 1.90. The molecule has 2 aromatic rings. The topological polar surface area (TPSA) is 61.2 Å². The summed E-state index contributed by atoms with van der Waals surface area (Å²) in [6.07, 6.45) is 0. The maximum absolute atomic E-state index is 12.0. The van der Waals surface area contributed by atoms with Gasteiger partial charge in [-0.25, -0.2) is 9.48 Å². The first-order chi connectivity index (χ1) is 9.93. The Kier molecular flexibility index (Phi) is 4.43. The number of hydrogen-bond donors (Lipinski definition) is 0. The average molecular weight is 307 g/mol. The smallest absolute Gasteiger partial charge is 0.357 e. The van der Waals surface area contributed by atoms with Gasteiger partial charge in [0.05, 0.1) is 12.3 Å². The van der Waals surface area contributed by atoms with Crippen LogP contribution in [0.2, 0.25) is 5.02 Å². The summed E-state index contributed by atoms with van der Waals surface area (Å²) < 4.78 is 6.41. The van der Waals surface area contributed by atoms with Crippen LogP contribution in [-0.4, -0.2) is 28.1 Å². The minimum absolute atomic E-state index is 0.201. The van der Waals surface area contributed by atoms with Crippen molar-refractivity contribution in [3.63, 3.8) is 0 Å². The Morgan fingerprint density at radius 1 is 1.33 bits per heavy atom. The standard InChI is InChI=1S/C15H15ClN2O3/c1-4-21-15(20)14-8-12(10(3)19)17-18(14)13-7-11(16)6-5-9(13)2/h5-8H,4H2,1-3H3. The van der Waals surface area contributed by atoms with Crippen LogP contribution in [0.3, 0.4) is 0 Å². The number of carbonyl (C=O) groups is 2. The van der Waals surface area contributed by atoms with Gasteiger partial charge in [0.1, 0.15) is 5.69 Å². The molecule has 1 heterocycles. The number of benzene rings is 1. The Hall–Kier alpha value is -2.14. The quantitative estimate of drug-likeness (QED) is 0.643. The molecule has 21 heavy (non-hydrogen) atoms. The summed E-state index contributed by atoms with van der Waals surface area (Å²) in [5.74, 6) is -0.754.